The first kappa shape index (κ1) is 24.5. The van der Waals surface area contributed by atoms with Crippen molar-refractivity contribution in [3.63, 3.8) is 0 Å². The van der Waals surface area contributed by atoms with Crippen LogP contribution >= 0.6 is 0 Å². The fourth-order valence-corrected chi connectivity index (χ4v) is 5.65. The van der Waals surface area contributed by atoms with E-state index in [-0.39, 0.29) is 25.3 Å². The Labute approximate surface area is 211 Å². The summed E-state index contributed by atoms with van der Waals surface area (Å²) in [4.78, 5) is 36.8. The number of nitrogens with zero attached hydrogens (tertiary/aromatic N) is 4. The van der Waals surface area contributed by atoms with Gasteiger partial charge in [0.25, 0.3) is 5.91 Å². The Hall–Kier alpha value is -3.17. The quantitative estimate of drug-likeness (QED) is 0.496. The van der Waals surface area contributed by atoms with Gasteiger partial charge >= 0.3 is 6.03 Å². The molecule has 2 aromatic rings. The summed E-state index contributed by atoms with van der Waals surface area (Å²) in [5.41, 5.74) is 1.28. The molecule has 2 fully saturated rings. The highest BCUT2D eigenvalue weighted by molar-refractivity contribution is 6.07. The Morgan fingerprint density at radius 1 is 1.11 bits per heavy atom. The Kier molecular flexibility index (Phi) is 7.11. The number of imide groups is 1. The predicted molar refractivity (Wildman–Crippen MR) is 133 cm³/mol. The van der Waals surface area contributed by atoms with Crippen LogP contribution in [0, 0.1) is 5.92 Å². The molecule has 0 unspecified atom stereocenters. The second-order valence-corrected chi connectivity index (χ2v) is 10.0. The average molecular weight is 495 g/mol. The lowest BCUT2D eigenvalue weighted by atomic mass is 9.85. The van der Waals surface area contributed by atoms with Crippen molar-refractivity contribution in [2.75, 3.05) is 46.7 Å². The van der Waals surface area contributed by atoms with Crippen molar-refractivity contribution < 1.29 is 23.8 Å². The van der Waals surface area contributed by atoms with Gasteiger partial charge in [0, 0.05) is 45.7 Å². The minimum atomic E-state index is -0.797. The van der Waals surface area contributed by atoms with Crippen molar-refractivity contribution in [3.05, 3.63) is 53.9 Å². The lowest BCUT2D eigenvalue weighted by Gasteiger charge is -2.42. The third-order valence-corrected chi connectivity index (χ3v) is 7.48. The average Bonchev–Trinajstić information content (AvgIpc) is 3.42. The smallest absolute Gasteiger partial charge is 0.328 e. The van der Waals surface area contributed by atoms with Gasteiger partial charge in [-0.3, -0.25) is 14.7 Å². The van der Waals surface area contributed by atoms with Crippen LogP contribution in [0.15, 0.2) is 42.7 Å². The molecule has 9 heteroatoms. The maximum absolute atomic E-state index is 13.7. The van der Waals surface area contributed by atoms with E-state index in [1.807, 2.05) is 18.2 Å². The zero-order valence-electron chi connectivity index (χ0n) is 21.0. The fraction of sp³-hybridized carbons (Fsp3) is 0.519. The van der Waals surface area contributed by atoms with Crippen molar-refractivity contribution in [1.29, 1.82) is 0 Å². The van der Waals surface area contributed by atoms with Crippen LogP contribution in [0.5, 0.6) is 11.5 Å². The summed E-state index contributed by atoms with van der Waals surface area (Å²) in [5, 5.41) is 0. The number of hydrogen-bond acceptors (Lipinski definition) is 7. The number of carbonyl (C=O) groups is 2. The van der Waals surface area contributed by atoms with Gasteiger partial charge in [-0.25, -0.2) is 4.79 Å². The highest BCUT2D eigenvalue weighted by Gasteiger charge is 2.57. The second-order valence-electron chi connectivity index (χ2n) is 10.0. The molecule has 3 amide bonds. The van der Waals surface area contributed by atoms with E-state index in [0.29, 0.717) is 31.9 Å². The number of pyridine rings is 1. The van der Waals surface area contributed by atoms with Crippen molar-refractivity contribution in [3.8, 4) is 11.5 Å². The third-order valence-electron chi connectivity index (χ3n) is 7.48. The zero-order chi connectivity index (χ0) is 25.1. The molecule has 1 aromatic carbocycles. The molecule has 5 rings (SSSR count). The van der Waals surface area contributed by atoms with E-state index in [2.05, 4.69) is 28.9 Å². The van der Waals surface area contributed by atoms with Crippen LogP contribution < -0.4 is 9.47 Å². The van der Waals surface area contributed by atoms with E-state index in [9.17, 15) is 9.59 Å². The Morgan fingerprint density at radius 2 is 1.92 bits per heavy atom. The number of fused-ring (bicyclic) bond motifs is 1. The first-order valence-corrected chi connectivity index (χ1v) is 12.6. The summed E-state index contributed by atoms with van der Waals surface area (Å²) in [7, 11) is 1.62. The first-order valence-electron chi connectivity index (χ1n) is 12.6. The van der Waals surface area contributed by atoms with E-state index < -0.39 is 5.54 Å². The van der Waals surface area contributed by atoms with Crippen LogP contribution in [0.1, 0.15) is 30.9 Å². The van der Waals surface area contributed by atoms with Crippen molar-refractivity contribution >= 4 is 11.9 Å². The molecule has 1 spiro atoms. The van der Waals surface area contributed by atoms with Crippen LogP contribution in [0.2, 0.25) is 0 Å². The number of piperidine rings is 1. The van der Waals surface area contributed by atoms with Crippen molar-refractivity contribution in [2.45, 2.75) is 38.3 Å². The maximum atomic E-state index is 13.7. The van der Waals surface area contributed by atoms with Gasteiger partial charge in [0.1, 0.15) is 5.54 Å². The normalized spacial score (nSPS) is 19.9. The van der Waals surface area contributed by atoms with Crippen LogP contribution in [0.3, 0.4) is 0 Å². The number of carbonyl (C=O) groups excluding carboxylic acids is 2. The molecule has 2 saturated heterocycles. The molecule has 1 aromatic heterocycles. The number of urea groups is 1. The van der Waals surface area contributed by atoms with Crippen LogP contribution in [0.25, 0.3) is 0 Å². The molecular weight excluding hydrogens is 460 g/mol. The maximum Gasteiger partial charge on any atom is 0.328 e. The number of methoxy groups -OCH3 is 1. The lowest BCUT2D eigenvalue weighted by molar-refractivity contribution is -0.136. The van der Waals surface area contributed by atoms with E-state index in [1.165, 1.54) is 10.5 Å². The molecular formula is C27H34N4O5. The van der Waals surface area contributed by atoms with Gasteiger partial charge < -0.3 is 24.0 Å². The van der Waals surface area contributed by atoms with E-state index in [4.69, 9.17) is 14.2 Å². The Bertz CT molecular complexity index is 1090. The summed E-state index contributed by atoms with van der Waals surface area (Å²) in [6.07, 6.45) is 5.58. The predicted octanol–water partition coefficient (Wildman–Crippen LogP) is 2.93. The molecule has 1 atom stereocenters. The van der Waals surface area contributed by atoms with E-state index in [0.717, 1.165) is 43.1 Å². The van der Waals surface area contributed by atoms with E-state index >= 15 is 0 Å². The molecule has 9 nitrogen and oxygen atoms in total. The second kappa shape index (κ2) is 10.4. The monoisotopic (exact) mass is 494 g/mol. The molecule has 3 aliphatic heterocycles. The van der Waals surface area contributed by atoms with Crippen molar-refractivity contribution in [1.82, 2.24) is 19.7 Å². The zero-order valence-corrected chi connectivity index (χ0v) is 21.0. The minimum Gasteiger partial charge on any atom is -0.454 e. The number of likely N-dealkylation sites (tertiary alicyclic amines) is 1. The lowest BCUT2D eigenvalue weighted by Crippen LogP contribution is -2.57. The minimum absolute atomic E-state index is 0.0967. The number of amides is 3. The molecule has 0 aliphatic carbocycles. The molecule has 36 heavy (non-hydrogen) atoms. The fourth-order valence-electron chi connectivity index (χ4n) is 5.65. The molecule has 4 heterocycles. The number of hydrogen-bond donors (Lipinski definition) is 0. The topological polar surface area (TPSA) is 84.4 Å². The Balaban J connectivity index is 1.23. The van der Waals surface area contributed by atoms with Crippen molar-refractivity contribution in [2.24, 2.45) is 5.92 Å². The van der Waals surface area contributed by atoms with Crippen LogP contribution in [-0.2, 0) is 22.5 Å². The summed E-state index contributed by atoms with van der Waals surface area (Å²) in [6, 6.07) is 9.62. The number of benzene rings is 1. The standard InChI is InChI=1S/C27H34N4O5/c1-20(14-21-5-6-23-24(15-21)36-19-35-23)17-29-10-7-27(8-11-29)25(32)30(18-22-4-3-9-28-16-22)26(33)31(27)12-13-34-2/h3-6,9,15-16,20H,7-8,10-14,17-19H2,1-2H3/t20-/m0/s1. The van der Waals surface area contributed by atoms with Gasteiger partial charge in [-0.05, 0) is 54.5 Å². The summed E-state index contributed by atoms with van der Waals surface area (Å²) in [5.74, 6) is 1.96. The van der Waals surface area contributed by atoms with Gasteiger partial charge in [0.2, 0.25) is 6.79 Å². The van der Waals surface area contributed by atoms with Crippen LogP contribution in [-0.4, -0.2) is 83.8 Å². The van der Waals surface area contributed by atoms with Gasteiger partial charge in [-0.1, -0.05) is 19.1 Å². The number of aromatic nitrogens is 1. The molecule has 0 saturated carbocycles. The van der Waals surface area contributed by atoms with E-state index in [1.54, 1.807) is 24.4 Å². The van der Waals surface area contributed by atoms with Gasteiger partial charge in [0.15, 0.2) is 11.5 Å². The molecule has 0 radical (unpaired) electrons. The molecule has 3 aliphatic rings. The molecule has 0 bridgehead atoms. The van der Waals surface area contributed by atoms with Gasteiger partial charge in [-0.2, -0.15) is 0 Å². The molecule has 0 N–H and O–H groups in total. The molecule has 192 valence electrons. The van der Waals surface area contributed by atoms with Gasteiger partial charge in [0.05, 0.1) is 13.2 Å². The van der Waals surface area contributed by atoms with Gasteiger partial charge in [-0.15, -0.1) is 0 Å². The SMILES string of the molecule is COCCN1C(=O)N(Cc2cccnc2)C(=O)C12CCN(C[C@@H](C)Cc1ccc3c(c1)OCO3)CC2. The summed E-state index contributed by atoms with van der Waals surface area (Å²) < 4.78 is 16.2. The van der Waals surface area contributed by atoms with Crippen LogP contribution in [0.4, 0.5) is 4.79 Å². The highest BCUT2D eigenvalue weighted by Crippen LogP contribution is 2.38. The Morgan fingerprint density at radius 3 is 2.67 bits per heavy atom. The largest absolute Gasteiger partial charge is 0.454 e. The summed E-state index contributed by atoms with van der Waals surface area (Å²) >= 11 is 0. The number of rotatable bonds is 9. The third kappa shape index (κ3) is 4.77. The summed E-state index contributed by atoms with van der Waals surface area (Å²) in [6.45, 7) is 6.06. The first-order chi connectivity index (χ1) is 17.5. The number of ether oxygens (including phenoxy) is 3. The highest BCUT2D eigenvalue weighted by atomic mass is 16.7.